The van der Waals surface area contributed by atoms with Gasteiger partial charge in [0.25, 0.3) is 0 Å². The van der Waals surface area contributed by atoms with Crippen molar-refractivity contribution in [1.29, 1.82) is 0 Å². The van der Waals surface area contributed by atoms with Crippen LogP contribution in [0.5, 0.6) is 0 Å². The van der Waals surface area contributed by atoms with Crippen LogP contribution in [0.3, 0.4) is 0 Å². The second-order valence-corrected chi connectivity index (χ2v) is 12.6. The molecular weight excluding hydrogens is 182 g/mol. The van der Waals surface area contributed by atoms with Crippen LogP contribution in [0.4, 0.5) is 0 Å². The van der Waals surface area contributed by atoms with Crippen LogP contribution in [0.15, 0.2) is 11.6 Å². The van der Waals surface area contributed by atoms with Crippen LogP contribution < -0.4 is 4.72 Å². The van der Waals surface area contributed by atoms with Gasteiger partial charge in [0.1, 0.15) is 0 Å². The molecule has 0 atom stereocenters. The zero-order valence-corrected chi connectivity index (χ0v) is 7.12. The van der Waals surface area contributed by atoms with E-state index in [1.54, 1.807) is 6.20 Å². The largest absolute Gasteiger partial charge is 0.325 e. The van der Waals surface area contributed by atoms with Crippen LogP contribution in [0.25, 0.3) is 0 Å². The van der Waals surface area contributed by atoms with E-state index in [1.807, 2.05) is 0 Å². The lowest BCUT2D eigenvalue weighted by atomic mass is 11.1. The summed E-state index contributed by atoms with van der Waals surface area (Å²) < 4.78 is 12.0. The Morgan fingerprint density at radius 2 is 2.50 bits per heavy atom. The molecule has 6 heteroatoms. The first kappa shape index (κ1) is 6.88. The number of thiol groups is 1. The maximum absolute atomic E-state index is 9.26. The minimum atomic E-state index is -2.87. The molecule has 0 aromatic carbocycles. The molecular formula is C2H5NOS4. The second kappa shape index (κ2) is 1.63. The van der Waals surface area contributed by atoms with Crippen LogP contribution in [0.1, 0.15) is 0 Å². The molecule has 0 radical (unpaired) electrons. The quantitative estimate of drug-likeness (QED) is 0.301. The van der Waals surface area contributed by atoms with Gasteiger partial charge in [-0.3, -0.25) is 0 Å². The first-order valence-corrected chi connectivity index (χ1v) is 7.13. The summed E-state index contributed by atoms with van der Waals surface area (Å²) in [7, 11) is 1.08. The Morgan fingerprint density at radius 1 is 1.88 bits per heavy atom. The van der Waals surface area contributed by atoms with Crippen molar-refractivity contribution in [2.75, 3.05) is 0 Å². The first-order valence-electron chi connectivity index (χ1n) is 1.76. The molecule has 0 amide bonds. The van der Waals surface area contributed by atoms with Crippen LogP contribution in [-0.2, 0) is 17.3 Å². The van der Waals surface area contributed by atoms with Gasteiger partial charge in [0.05, 0.1) is 0 Å². The normalized spacial score (nSPS) is 35.0. The summed E-state index contributed by atoms with van der Waals surface area (Å²) >= 11 is 8.65. The van der Waals surface area contributed by atoms with Gasteiger partial charge in [-0.1, -0.05) is 11.7 Å². The molecule has 8 heavy (non-hydrogen) atoms. The van der Waals surface area contributed by atoms with Crippen molar-refractivity contribution in [3.8, 4) is 0 Å². The number of nitrogens with one attached hydrogen (secondary N) is 1. The number of hydrogen-bond acceptors (Lipinski definition) is 3. The van der Waals surface area contributed by atoms with E-state index in [0.29, 0.717) is 0 Å². The fourth-order valence-electron chi connectivity index (χ4n) is 0.290. The average molecular weight is 187 g/mol. The summed E-state index contributed by atoms with van der Waals surface area (Å²) in [5.41, 5.74) is 0. The SMILES string of the molecule is OS1(=S)(S)C=CNS1. The van der Waals surface area contributed by atoms with Crippen LogP contribution >= 0.6 is 22.6 Å². The predicted molar refractivity (Wildman–Crippen MR) is 46.2 cm³/mol. The Bertz CT molecular complexity index is 190. The molecule has 0 aromatic rings. The van der Waals surface area contributed by atoms with Crippen LogP contribution in [0.2, 0.25) is 0 Å². The molecule has 0 spiro atoms. The molecule has 1 aliphatic heterocycles. The summed E-state index contributed by atoms with van der Waals surface area (Å²) in [6, 6.07) is -2.87. The van der Waals surface area contributed by atoms with Crippen LogP contribution in [0, 0.1) is 0 Å². The molecule has 1 heterocycles. The predicted octanol–water partition coefficient (Wildman–Crippen LogP) is 1.09. The molecule has 0 aromatic heterocycles. The van der Waals surface area contributed by atoms with Crippen molar-refractivity contribution in [2.45, 2.75) is 0 Å². The Kier molecular flexibility index (Phi) is 1.40. The van der Waals surface area contributed by atoms with E-state index in [2.05, 4.69) is 16.4 Å². The Morgan fingerprint density at radius 3 is 2.62 bits per heavy atom. The minimum absolute atomic E-state index is 1.08. The lowest BCUT2D eigenvalue weighted by Crippen LogP contribution is -2.10. The van der Waals surface area contributed by atoms with Gasteiger partial charge in [0.15, 0.2) is 0 Å². The van der Waals surface area contributed by atoms with E-state index in [9.17, 15) is 4.55 Å². The lowest BCUT2D eigenvalue weighted by Gasteiger charge is -2.23. The molecule has 0 saturated heterocycles. The minimum Gasteiger partial charge on any atom is -0.325 e. The van der Waals surface area contributed by atoms with Gasteiger partial charge < -0.3 is 9.27 Å². The molecule has 0 unspecified atom stereocenters. The number of rotatable bonds is 0. The van der Waals surface area contributed by atoms with Crippen molar-refractivity contribution in [1.82, 2.24) is 4.72 Å². The molecule has 0 saturated carbocycles. The summed E-state index contributed by atoms with van der Waals surface area (Å²) in [5.74, 6) is 0. The summed E-state index contributed by atoms with van der Waals surface area (Å²) in [5, 5.41) is 1.51. The smallest absolute Gasteiger partial charge is 0.0398 e. The van der Waals surface area contributed by atoms with Gasteiger partial charge >= 0.3 is 0 Å². The molecule has 2 N–H and O–H groups in total. The maximum atomic E-state index is 9.26. The van der Waals surface area contributed by atoms with Crippen molar-refractivity contribution in [3.05, 3.63) is 11.6 Å². The molecule has 0 fully saturated rings. The topological polar surface area (TPSA) is 32.3 Å². The third-order valence-electron chi connectivity index (χ3n) is 0.574. The van der Waals surface area contributed by atoms with Crippen molar-refractivity contribution in [3.63, 3.8) is 0 Å². The summed E-state index contributed by atoms with van der Waals surface area (Å²) in [6.45, 7) is 0. The standard InChI is InChI=1S/C2H5NOS4/c4-8(5,6)2-1-3-7-8/h1-3H,(H2,4,5,6). The highest BCUT2D eigenvalue weighted by atomic mass is 33.7. The Hall–Kier alpha value is 0.770. The highest BCUT2D eigenvalue weighted by Gasteiger charge is 2.24. The maximum Gasteiger partial charge on any atom is 0.0398 e. The second-order valence-electron chi connectivity index (χ2n) is 1.36. The molecule has 0 bridgehead atoms. The van der Waals surface area contributed by atoms with E-state index in [-0.39, 0.29) is 0 Å². The lowest BCUT2D eigenvalue weighted by molar-refractivity contribution is 0.657. The molecule has 1 aliphatic rings. The molecule has 48 valence electrons. The average Bonchev–Trinajstić information content (AvgIpc) is 1.81. The van der Waals surface area contributed by atoms with Gasteiger partial charge in [-0.05, 0) is 11.2 Å². The fraction of sp³-hybridized carbons (Fsp3) is 0. The van der Waals surface area contributed by atoms with Gasteiger partial charge in [0, 0.05) is 28.7 Å². The summed E-state index contributed by atoms with van der Waals surface area (Å²) in [4.78, 5) is 0. The third-order valence-corrected chi connectivity index (χ3v) is 5.26. The fourth-order valence-corrected chi connectivity index (χ4v) is 3.17. The van der Waals surface area contributed by atoms with E-state index in [4.69, 9.17) is 11.2 Å². The van der Waals surface area contributed by atoms with E-state index in [0.717, 1.165) is 11.0 Å². The van der Waals surface area contributed by atoms with E-state index in [1.165, 1.54) is 5.41 Å². The zero-order valence-electron chi connectivity index (χ0n) is 3.77. The monoisotopic (exact) mass is 187 g/mol. The van der Waals surface area contributed by atoms with Gasteiger partial charge in [0.2, 0.25) is 0 Å². The van der Waals surface area contributed by atoms with Crippen molar-refractivity contribution < 1.29 is 4.55 Å². The van der Waals surface area contributed by atoms with Crippen molar-refractivity contribution in [2.24, 2.45) is 0 Å². The third kappa shape index (κ3) is 1.63. The van der Waals surface area contributed by atoms with Gasteiger partial charge in [-0.25, -0.2) is 0 Å². The molecule has 1 rings (SSSR count). The van der Waals surface area contributed by atoms with E-state index >= 15 is 0 Å². The Balaban J connectivity index is 3.02. The van der Waals surface area contributed by atoms with Gasteiger partial charge in [-0.2, -0.15) is 0 Å². The zero-order chi connectivity index (χ0) is 6.28. The summed E-state index contributed by atoms with van der Waals surface area (Å²) in [6.07, 6.45) is 1.60. The van der Waals surface area contributed by atoms with Crippen molar-refractivity contribution >= 4 is 39.9 Å². The number of hydrogen-bond donors (Lipinski definition) is 3. The molecule has 2 nitrogen and oxygen atoms in total. The molecule has 0 aliphatic carbocycles. The first-order chi connectivity index (χ1) is 3.47. The Labute approximate surface area is 60.8 Å². The highest BCUT2D eigenvalue weighted by Crippen LogP contribution is 2.43. The highest BCUT2D eigenvalue weighted by molar-refractivity contribution is 9.22. The van der Waals surface area contributed by atoms with Crippen LogP contribution in [-0.4, -0.2) is 4.55 Å². The van der Waals surface area contributed by atoms with Gasteiger partial charge in [-0.15, -0.1) is 0 Å². The van der Waals surface area contributed by atoms with E-state index < -0.39 is 6.07 Å².